The average Bonchev–Trinajstić information content (AvgIpc) is 2.26. The Hall–Kier alpha value is -0.520. The van der Waals surface area contributed by atoms with Crippen molar-refractivity contribution in [2.24, 2.45) is 11.8 Å². The maximum Gasteiger partial charge on any atom is -0.0228 e. The van der Waals surface area contributed by atoms with Crippen LogP contribution >= 0.6 is 0 Å². The summed E-state index contributed by atoms with van der Waals surface area (Å²) in [5.74, 6) is 1.51. The molecule has 0 aliphatic rings. The van der Waals surface area contributed by atoms with Gasteiger partial charge >= 0.3 is 0 Å². The Labute approximate surface area is 103 Å². The fourth-order valence-electron chi connectivity index (χ4n) is 2.16. The quantitative estimate of drug-likeness (QED) is 0.344. The van der Waals surface area contributed by atoms with Gasteiger partial charge in [-0.05, 0) is 38.0 Å². The molecule has 0 saturated carbocycles. The van der Waals surface area contributed by atoms with Crippen LogP contribution in [0.15, 0.2) is 24.3 Å². The number of rotatable bonds is 9. The third-order valence-electron chi connectivity index (χ3n) is 3.02. The van der Waals surface area contributed by atoms with Crippen molar-refractivity contribution in [1.82, 2.24) is 0 Å². The number of hydrogen-bond donors (Lipinski definition) is 0. The molecule has 0 fully saturated rings. The van der Waals surface area contributed by atoms with Crippen molar-refractivity contribution < 1.29 is 0 Å². The lowest BCUT2D eigenvalue weighted by Gasteiger charge is -2.15. The molecule has 0 spiro atoms. The lowest BCUT2D eigenvalue weighted by Crippen LogP contribution is -2.02. The van der Waals surface area contributed by atoms with Gasteiger partial charge in [0.15, 0.2) is 0 Å². The van der Waals surface area contributed by atoms with E-state index in [-0.39, 0.29) is 0 Å². The van der Waals surface area contributed by atoms with E-state index in [2.05, 4.69) is 52.0 Å². The van der Waals surface area contributed by atoms with E-state index in [4.69, 9.17) is 0 Å². The first kappa shape index (κ1) is 15.5. The Morgan fingerprint density at radius 3 is 2.38 bits per heavy atom. The molecule has 0 aromatic heterocycles. The van der Waals surface area contributed by atoms with Gasteiger partial charge in [0.2, 0.25) is 0 Å². The van der Waals surface area contributed by atoms with Gasteiger partial charge in [-0.25, -0.2) is 0 Å². The van der Waals surface area contributed by atoms with E-state index in [1.807, 2.05) is 0 Å². The monoisotopic (exact) mass is 222 g/mol. The van der Waals surface area contributed by atoms with Crippen LogP contribution in [0.4, 0.5) is 0 Å². The second-order valence-corrected chi connectivity index (χ2v) is 4.83. The van der Waals surface area contributed by atoms with Crippen LogP contribution < -0.4 is 0 Å². The van der Waals surface area contributed by atoms with E-state index in [1.54, 1.807) is 0 Å². The predicted octanol–water partition coefficient (Wildman–Crippen LogP) is 5.75. The van der Waals surface area contributed by atoms with Crippen LogP contribution in [0.25, 0.3) is 0 Å². The third-order valence-corrected chi connectivity index (χ3v) is 3.02. The Balaban J connectivity index is 4.03. The van der Waals surface area contributed by atoms with Crippen LogP contribution in [0.2, 0.25) is 0 Å². The highest BCUT2D eigenvalue weighted by atomic mass is 14.1. The van der Waals surface area contributed by atoms with Gasteiger partial charge in [0.1, 0.15) is 0 Å². The molecule has 0 aliphatic heterocycles. The Bertz CT molecular complexity index is 188. The number of allylic oxidation sites excluding steroid dienone is 4. The molecular weight excluding hydrogens is 192 g/mol. The summed E-state index contributed by atoms with van der Waals surface area (Å²) in [5.41, 5.74) is 0. The van der Waals surface area contributed by atoms with Crippen molar-refractivity contribution in [3.8, 4) is 0 Å². The van der Waals surface area contributed by atoms with Crippen LogP contribution in [0.3, 0.4) is 0 Å². The summed E-state index contributed by atoms with van der Waals surface area (Å²) >= 11 is 0. The summed E-state index contributed by atoms with van der Waals surface area (Å²) in [7, 11) is 0. The third kappa shape index (κ3) is 8.76. The van der Waals surface area contributed by atoms with Crippen molar-refractivity contribution in [3.05, 3.63) is 24.3 Å². The molecule has 0 N–H and O–H groups in total. The van der Waals surface area contributed by atoms with Crippen LogP contribution in [0.5, 0.6) is 0 Å². The first-order chi connectivity index (χ1) is 7.74. The molecule has 0 saturated heterocycles. The van der Waals surface area contributed by atoms with Crippen molar-refractivity contribution in [2.45, 2.75) is 66.2 Å². The molecule has 0 rings (SSSR count). The normalized spacial score (nSPS) is 16.0. The summed E-state index contributed by atoms with van der Waals surface area (Å²) in [4.78, 5) is 0. The topological polar surface area (TPSA) is 0 Å². The van der Waals surface area contributed by atoms with Gasteiger partial charge in [0.25, 0.3) is 0 Å². The number of hydrogen-bond acceptors (Lipinski definition) is 0. The highest BCUT2D eigenvalue weighted by molar-refractivity contribution is 4.92. The van der Waals surface area contributed by atoms with Crippen molar-refractivity contribution in [1.29, 1.82) is 0 Å². The number of unbranched alkanes of at least 4 members (excludes halogenated alkanes) is 2. The minimum absolute atomic E-state index is 0.720. The van der Waals surface area contributed by atoms with Gasteiger partial charge in [-0.3, -0.25) is 0 Å². The molecule has 0 aromatic rings. The molecular formula is C16H30. The highest BCUT2D eigenvalue weighted by Crippen LogP contribution is 2.21. The molecule has 0 heteroatoms. The zero-order valence-electron chi connectivity index (χ0n) is 11.7. The van der Waals surface area contributed by atoms with Gasteiger partial charge in [-0.15, -0.1) is 0 Å². The van der Waals surface area contributed by atoms with Crippen molar-refractivity contribution >= 4 is 0 Å². The average molecular weight is 222 g/mol. The van der Waals surface area contributed by atoms with Gasteiger partial charge in [-0.1, -0.05) is 64.3 Å². The van der Waals surface area contributed by atoms with Crippen LogP contribution in [-0.4, -0.2) is 0 Å². The molecule has 0 aliphatic carbocycles. The largest absolute Gasteiger partial charge is 0.0914 e. The van der Waals surface area contributed by atoms with Crippen molar-refractivity contribution in [3.63, 3.8) is 0 Å². The predicted molar refractivity (Wildman–Crippen MR) is 75.7 cm³/mol. The zero-order chi connectivity index (χ0) is 12.2. The van der Waals surface area contributed by atoms with Gasteiger partial charge in [0, 0.05) is 0 Å². The molecule has 0 nitrogen and oxygen atoms in total. The second kappa shape index (κ2) is 11.0. The molecule has 94 valence electrons. The van der Waals surface area contributed by atoms with E-state index < -0.39 is 0 Å². The fraction of sp³-hybridized carbons (Fsp3) is 0.750. The summed E-state index contributed by atoms with van der Waals surface area (Å²) in [6.07, 6.45) is 17.2. The molecule has 0 amide bonds. The Morgan fingerprint density at radius 2 is 1.81 bits per heavy atom. The van der Waals surface area contributed by atoms with Crippen LogP contribution in [0.1, 0.15) is 66.2 Å². The summed E-state index contributed by atoms with van der Waals surface area (Å²) < 4.78 is 0. The smallest absolute Gasteiger partial charge is 0.0228 e. The van der Waals surface area contributed by atoms with Gasteiger partial charge in [-0.2, -0.15) is 0 Å². The van der Waals surface area contributed by atoms with E-state index in [0.717, 1.165) is 11.8 Å². The van der Waals surface area contributed by atoms with Crippen LogP contribution in [0, 0.1) is 11.8 Å². The lowest BCUT2D eigenvalue weighted by atomic mass is 9.90. The Morgan fingerprint density at radius 1 is 1.06 bits per heavy atom. The maximum atomic E-state index is 2.44. The standard InChI is InChI=1S/C16H30/c1-5-8-10-13-16(12-9-6-2)14-15(4)11-7-3/h7,9,11-12,15-16H,5-6,8,10,13-14H2,1-4H3/b11-7-,12-9+. The molecule has 0 radical (unpaired) electrons. The van der Waals surface area contributed by atoms with E-state index in [9.17, 15) is 0 Å². The highest BCUT2D eigenvalue weighted by Gasteiger charge is 2.07. The summed E-state index contributed by atoms with van der Waals surface area (Å²) in [6.45, 7) is 8.94. The maximum absolute atomic E-state index is 2.44. The van der Waals surface area contributed by atoms with Gasteiger partial charge in [0.05, 0.1) is 0 Å². The first-order valence-corrected chi connectivity index (χ1v) is 7.04. The molecule has 2 atom stereocenters. The van der Waals surface area contributed by atoms with Crippen LogP contribution in [-0.2, 0) is 0 Å². The SMILES string of the molecule is C/C=C\C(C)CC(/C=C/CC)CCCCC. The van der Waals surface area contributed by atoms with E-state index in [1.165, 1.54) is 38.5 Å². The first-order valence-electron chi connectivity index (χ1n) is 7.04. The second-order valence-electron chi connectivity index (χ2n) is 4.83. The molecule has 0 bridgehead atoms. The minimum Gasteiger partial charge on any atom is -0.0914 e. The summed E-state index contributed by atoms with van der Waals surface area (Å²) in [5, 5.41) is 0. The fourth-order valence-corrected chi connectivity index (χ4v) is 2.16. The molecule has 0 aromatic carbocycles. The molecule has 0 heterocycles. The Kier molecular flexibility index (Phi) is 10.6. The van der Waals surface area contributed by atoms with Gasteiger partial charge < -0.3 is 0 Å². The minimum atomic E-state index is 0.720. The van der Waals surface area contributed by atoms with E-state index in [0.29, 0.717) is 0 Å². The lowest BCUT2D eigenvalue weighted by molar-refractivity contribution is 0.457. The van der Waals surface area contributed by atoms with E-state index >= 15 is 0 Å². The van der Waals surface area contributed by atoms with Crippen molar-refractivity contribution in [2.75, 3.05) is 0 Å². The zero-order valence-corrected chi connectivity index (χ0v) is 11.7. The molecule has 2 unspecified atom stereocenters. The summed E-state index contributed by atoms with van der Waals surface area (Å²) in [6, 6.07) is 0. The molecule has 16 heavy (non-hydrogen) atoms.